The van der Waals surface area contributed by atoms with Crippen molar-refractivity contribution < 1.29 is 18.0 Å². The van der Waals surface area contributed by atoms with Crippen LogP contribution in [0.4, 0.5) is 11.4 Å². The van der Waals surface area contributed by atoms with Gasteiger partial charge in [-0.3, -0.25) is 19.5 Å². The number of nitrogens with one attached hydrogen (secondary N) is 1. The Balaban J connectivity index is 1.58. The van der Waals surface area contributed by atoms with E-state index in [1.54, 1.807) is 35.4 Å². The zero-order chi connectivity index (χ0) is 26.4. The van der Waals surface area contributed by atoms with Crippen molar-refractivity contribution >= 4 is 50.1 Å². The van der Waals surface area contributed by atoms with E-state index in [2.05, 4.69) is 15.3 Å². The van der Waals surface area contributed by atoms with E-state index in [-0.39, 0.29) is 23.1 Å². The highest BCUT2D eigenvalue weighted by atomic mass is 32.2. The SMILES string of the molecule is CN(C)S(=O)(=O)c1cccc(N=C2S[C@H](CC(=O)Nc3ccccc3)C(=O)N2CCc2ccccn2)c1. The van der Waals surface area contributed by atoms with E-state index >= 15 is 0 Å². The Morgan fingerprint density at radius 2 is 1.84 bits per heavy atom. The first-order chi connectivity index (χ1) is 17.7. The Kier molecular flexibility index (Phi) is 8.37. The molecular weight excluding hydrogens is 510 g/mol. The van der Waals surface area contributed by atoms with Gasteiger partial charge in [-0.25, -0.2) is 17.7 Å². The number of carbonyl (C=O) groups excluding carboxylic acids is 2. The van der Waals surface area contributed by atoms with Gasteiger partial charge in [0.1, 0.15) is 5.25 Å². The third kappa shape index (κ3) is 6.62. The van der Waals surface area contributed by atoms with E-state index in [1.807, 2.05) is 36.4 Å². The summed E-state index contributed by atoms with van der Waals surface area (Å²) in [4.78, 5) is 36.6. The minimum atomic E-state index is -3.64. The predicted molar refractivity (Wildman–Crippen MR) is 145 cm³/mol. The number of sulfonamides is 1. The number of anilines is 1. The normalized spacial score (nSPS) is 16.9. The number of carbonyl (C=O) groups is 2. The summed E-state index contributed by atoms with van der Waals surface area (Å²) in [6.45, 7) is 0.328. The Labute approximate surface area is 220 Å². The van der Waals surface area contributed by atoms with Crippen molar-refractivity contribution in [1.29, 1.82) is 0 Å². The number of thioether (sulfide) groups is 1. The fourth-order valence-corrected chi connectivity index (χ4v) is 5.77. The lowest BCUT2D eigenvalue weighted by atomic mass is 10.2. The molecule has 0 aliphatic carbocycles. The zero-order valence-corrected chi connectivity index (χ0v) is 22.1. The van der Waals surface area contributed by atoms with Crippen LogP contribution in [0, 0.1) is 0 Å². The molecule has 0 spiro atoms. The fraction of sp³-hybridized carbons (Fsp3) is 0.231. The van der Waals surface area contributed by atoms with Crippen molar-refractivity contribution in [3.8, 4) is 0 Å². The third-order valence-corrected chi connectivity index (χ3v) is 8.57. The van der Waals surface area contributed by atoms with Gasteiger partial charge in [-0.05, 0) is 42.5 Å². The summed E-state index contributed by atoms with van der Waals surface area (Å²) in [6.07, 6.45) is 2.18. The molecule has 0 unspecified atom stereocenters. The van der Waals surface area contributed by atoms with E-state index in [1.165, 1.54) is 38.0 Å². The number of amides is 2. The highest BCUT2D eigenvalue weighted by molar-refractivity contribution is 8.15. The van der Waals surface area contributed by atoms with Crippen LogP contribution in [0.5, 0.6) is 0 Å². The maximum atomic E-state index is 13.4. The number of nitrogens with zero attached hydrogens (tertiary/aromatic N) is 4. The number of benzene rings is 2. The fourth-order valence-electron chi connectivity index (χ4n) is 3.64. The smallest absolute Gasteiger partial charge is 0.242 e. The molecule has 4 rings (SSSR count). The van der Waals surface area contributed by atoms with Crippen LogP contribution in [-0.4, -0.2) is 65.5 Å². The number of para-hydroxylation sites is 1. The first kappa shape index (κ1) is 26.5. The van der Waals surface area contributed by atoms with Crippen LogP contribution in [0.15, 0.2) is 88.9 Å². The molecule has 0 bridgehead atoms. The summed E-state index contributed by atoms with van der Waals surface area (Å²) in [7, 11) is -0.720. The van der Waals surface area contributed by atoms with Gasteiger partial charge in [0.25, 0.3) is 0 Å². The number of hydrogen-bond acceptors (Lipinski definition) is 7. The van der Waals surface area contributed by atoms with Crippen LogP contribution < -0.4 is 5.32 Å². The van der Waals surface area contributed by atoms with Crippen molar-refractivity contribution in [2.24, 2.45) is 4.99 Å². The molecule has 2 heterocycles. The second-order valence-corrected chi connectivity index (χ2v) is 11.8. The molecule has 192 valence electrons. The maximum absolute atomic E-state index is 13.4. The van der Waals surface area contributed by atoms with Gasteiger partial charge in [0, 0.05) is 51.1 Å². The molecule has 0 saturated carbocycles. The molecule has 1 atom stereocenters. The van der Waals surface area contributed by atoms with Gasteiger partial charge < -0.3 is 5.32 Å². The lowest BCUT2D eigenvalue weighted by molar-refractivity contribution is -0.128. The Hall–Kier alpha value is -3.54. The van der Waals surface area contributed by atoms with Crippen LogP contribution >= 0.6 is 11.8 Å². The van der Waals surface area contributed by atoms with E-state index in [0.717, 1.165) is 10.00 Å². The average Bonchev–Trinajstić information content (AvgIpc) is 3.17. The second-order valence-electron chi connectivity index (χ2n) is 8.46. The summed E-state index contributed by atoms with van der Waals surface area (Å²) in [5.41, 5.74) is 1.88. The summed E-state index contributed by atoms with van der Waals surface area (Å²) in [5.74, 6) is -0.498. The van der Waals surface area contributed by atoms with Crippen LogP contribution in [-0.2, 0) is 26.0 Å². The van der Waals surface area contributed by atoms with Gasteiger partial charge in [-0.2, -0.15) is 0 Å². The third-order valence-electron chi connectivity index (χ3n) is 5.59. The van der Waals surface area contributed by atoms with Crippen LogP contribution in [0.3, 0.4) is 0 Å². The quantitative estimate of drug-likeness (QED) is 0.447. The van der Waals surface area contributed by atoms with Crippen molar-refractivity contribution in [1.82, 2.24) is 14.2 Å². The topological polar surface area (TPSA) is 112 Å². The van der Waals surface area contributed by atoms with Crippen molar-refractivity contribution in [2.45, 2.75) is 23.0 Å². The molecular formula is C26H27N5O4S2. The molecule has 0 radical (unpaired) electrons. The molecule has 3 aromatic rings. The largest absolute Gasteiger partial charge is 0.326 e. The van der Waals surface area contributed by atoms with E-state index in [9.17, 15) is 18.0 Å². The lowest BCUT2D eigenvalue weighted by Gasteiger charge is -2.16. The van der Waals surface area contributed by atoms with Gasteiger partial charge in [0.15, 0.2) is 5.17 Å². The summed E-state index contributed by atoms with van der Waals surface area (Å²) >= 11 is 1.20. The summed E-state index contributed by atoms with van der Waals surface area (Å²) < 4.78 is 26.3. The van der Waals surface area contributed by atoms with Gasteiger partial charge in [0.2, 0.25) is 21.8 Å². The molecule has 1 N–H and O–H groups in total. The van der Waals surface area contributed by atoms with E-state index in [0.29, 0.717) is 29.5 Å². The highest BCUT2D eigenvalue weighted by Crippen LogP contribution is 2.32. The number of aliphatic imine (C=N–C) groups is 1. The van der Waals surface area contributed by atoms with E-state index < -0.39 is 15.3 Å². The second kappa shape index (κ2) is 11.7. The minimum absolute atomic E-state index is 0.0213. The maximum Gasteiger partial charge on any atom is 0.242 e. The highest BCUT2D eigenvalue weighted by Gasteiger charge is 2.39. The van der Waals surface area contributed by atoms with Gasteiger partial charge in [-0.1, -0.05) is 42.1 Å². The number of amidine groups is 1. The van der Waals surface area contributed by atoms with Gasteiger partial charge in [-0.15, -0.1) is 0 Å². The first-order valence-electron chi connectivity index (χ1n) is 11.6. The number of rotatable bonds is 9. The Morgan fingerprint density at radius 1 is 1.08 bits per heavy atom. The van der Waals surface area contributed by atoms with Crippen LogP contribution in [0.2, 0.25) is 0 Å². The molecule has 2 amide bonds. The predicted octanol–water partition coefficient (Wildman–Crippen LogP) is 3.53. The standard InChI is InChI=1S/C26H27N5O4S2/c1-30(2)37(34,35)22-13-8-12-21(17-22)29-26-31(16-14-19-9-6-7-15-27-19)25(33)23(36-26)18-24(32)28-20-10-4-3-5-11-20/h3-13,15,17,23H,14,16,18H2,1-2H3,(H,28,32)/t23-/m1/s1. The monoisotopic (exact) mass is 537 g/mol. The molecule has 11 heteroatoms. The molecule has 1 aliphatic heterocycles. The van der Waals surface area contributed by atoms with Crippen molar-refractivity contribution in [3.63, 3.8) is 0 Å². The minimum Gasteiger partial charge on any atom is -0.326 e. The summed E-state index contributed by atoms with van der Waals surface area (Å²) in [5, 5.41) is 2.58. The Morgan fingerprint density at radius 3 is 2.54 bits per heavy atom. The number of pyridine rings is 1. The lowest BCUT2D eigenvalue weighted by Crippen LogP contribution is -2.35. The molecule has 1 saturated heterocycles. The van der Waals surface area contributed by atoms with Crippen LogP contribution in [0.1, 0.15) is 12.1 Å². The van der Waals surface area contributed by atoms with E-state index in [4.69, 9.17) is 0 Å². The van der Waals surface area contributed by atoms with Gasteiger partial charge in [0.05, 0.1) is 10.6 Å². The molecule has 9 nitrogen and oxygen atoms in total. The number of hydrogen-bond donors (Lipinski definition) is 1. The van der Waals surface area contributed by atoms with Crippen molar-refractivity contribution in [3.05, 3.63) is 84.7 Å². The zero-order valence-electron chi connectivity index (χ0n) is 20.4. The first-order valence-corrected chi connectivity index (χ1v) is 13.9. The van der Waals surface area contributed by atoms with Gasteiger partial charge >= 0.3 is 0 Å². The van der Waals surface area contributed by atoms with Crippen molar-refractivity contribution in [2.75, 3.05) is 26.0 Å². The Bertz CT molecular complexity index is 1400. The van der Waals surface area contributed by atoms with Crippen LogP contribution in [0.25, 0.3) is 0 Å². The molecule has 37 heavy (non-hydrogen) atoms. The molecule has 1 aliphatic rings. The molecule has 2 aromatic carbocycles. The number of aromatic nitrogens is 1. The molecule has 1 fully saturated rings. The average molecular weight is 538 g/mol. The molecule has 1 aromatic heterocycles. The summed E-state index contributed by atoms with van der Waals surface area (Å²) in [6, 6.07) is 20.9.